The Hall–Kier alpha value is 0.01000. The van der Waals surface area contributed by atoms with E-state index in [2.05, 4.69) is 5.92 Å². The van der Waals surface area contributed by atoms with E-state index in [-0.39, 0.29) is 15.7 Å². The Kier molecular flexibility index (Phi) is 6.41. The van der Waals surface area contributed by atoms with Gasteiger partial charge in [0.1, 0.15) is 17.1 Å². The number of alkyl halides is 3. The summed E-state index contributed by atoms with van der Waals surface area (Å²) in [6.45, 7) is 0. The molecule has 6 heteroatoms. The fourth-order valence-corrected chi connectivity index (χ4v) is 5.72. The maximum Gasteiger partial charge on any atom is 0.393 e. The topological polar surface area (TPSA) is 20.2 Å². The van der Waals surface area contributed by atoms with Crippen molar-refractivity contribution in [3.63, 3.8) is 0 Å². The van der Waals surface area contributed by atoms with E-state index in [1.54, 1.807) is 0 Å². The number of rotatable bonds is 5. The number of aliphatic hydroxyl groups is 1. The first-order valence-corrected chi connectivity index (χ1v) is 9.57. The van der Waals surface area contributed by atoms with Gasteiger partial charge in [-0.1, -0.05) is 5.92 Å². The second-order valence-corrected chi connectivity index (χ2v) is 9.33. The van der Waals surface area contributed by atoms with Crippen molar-refractivity contribution >= 4 is 20.7 Å². The van der Waals surface area contributed by atoms with E-state index in [1.807, 2.05) is 6.26 Å². The molecule has 0 bridgehead atoms. The summed E-state index contributed by atoms with van der Waals surface area (Å²) in [5.74, 6) is 3.84. The zero-order valence-corrected chi connectivity index (χ0v) is 12.6. The van der Waals surface area contributed by atoms with Gasteiger partial charge in [0.05, 0.1) is 27.1 Å². The minimum absolute atomic E-state index is 0.209. The molecule has 1 saturated carbocycles. The van der Waals surface area contributed by atoms with Crippen molar-refractivity contribution < 1.29 is 18.3 Å². The van der Waals surface area contributed by atoms with Crippen molar-refractivity contribution in [3.05, 3.63) is 0 Å². The van der Waals surface area contributed by atoms with Crippen LogP contribution in [0.25, 0.3) is 0 Å². The van der Waals surface area contributed by atoms with Crippen molar-refractivity contribution in [3.8, 4) is 12.3 Å². The highest BCUT2D eigenvalue weighted by atomic mass is 33.1. The minimum Gasteiger partial charge on any atom is -0.378 e. The van der Waals surface area contributed by atoms with Crippen molar-refractivity contribution in [1.29, 1.82) is 0 Å². The predicted molar refractivity (Wildman–Crippen MR) is 77.0 cm³/mol. The third-order valence-electron chi connectivity index (χ3n) is 3.47. The Labute approximate surface area is 119 Å². The molecule has 19 heavy (non-hydrogen) atoms. The van der Waals surface area contributed by atoms with E-state index in [1.165, 1.54) is 10.8 Å². The average Bonchev–Trinajstić information content (AvgIpc) is 2.36. The van der Waals surface area contributed by atoms with Gasteiger partial charge in [-0.2, -0.15) is 13.2 Å². The zero-order valence-electron chi connectivity index (χ0n) is 11.0. The first-order chi connectivity index (χ1) is 8.78. The summed E-state index contributed by atoms with van der Waals surface area (Å²) in [7, 11) is 1.30. The van der Waals surface area contributed by atoms with Crippen LogP contribution in [-0.4, -0.2) is 34.6 Å². The molecule has 0 saturated heterocycles. The largest absolute Gasteiger partial charge is 0.393 e. The number of hydrogen-bond acceptors (Lipinski definition) is 2. The number of hydrogen-bond donors (Lipinski definition) is 1. The lowest BCUT2D eigenvalue weighted by Crippen LogP contribution is -2.34. The molecule has 1 aliphatic carbocycles. The SMILES string of the molecule is C#CC1(O)CCC(C[S+](CCC(F)(F)F)SC)CC1. The van der Waals surface area contributed by atoms with Crippen LogP contribution in [-0.2, 0) is 9.93 Å². The summed E-state index contributed by atoms with van der Waals surface area (Å²) in [5.41, 5.74) is -0.986. The quantitative estimate of drug-likeness (QED) is 0.477. The molecular formula is C13H20F3OS2+. The van der Waals surface area contributed by atoms with Gasteiger partial charge in [-0.3, -0.25) is 0 Å². The van der Waals surface area contributed by atoms with Gasteiger partial charge >= 0.3 is 6.18 Å². The maximum atomic E-state index is 12.2. The molecule has 0 aromatic heterocycles. The van der Waals surface area contributed by atoms with Crippen LogP contribution in [0.1, 0.15) is 32.1 Å². The zero-order chi connectivity index (χ0) is 14.5. The predicted octanol–water partition coefficient (Wildman–Crippen LogP) is 3.39. The maximum absolute atomic E-state index is 12.2. The van der Waals surface area contributed by atoms with Crippen molar-refractivity contribution in [1.82, 2.24) is 0 Å². The lowest BCUT2D eigenvalue weighted by molar-refractivity contribution is -0.129. The molecular weight excluding hydrogens is 293 g/mol. The highest BCUT2D eigenvalue weighted by molar-refractivity contribution is 8.73. The Morgan fingerprint density at radius 1 is 1.42 bits per heavy atom. The molecule has 0 aromatic rings. The summed E-state index contributed by atoms with van der Waals surface area (Å²) < 4.78 is 36.7. The fourth-order valence-electron chi connectivity index (χ4n) is 2.19. The van der Waals surface area contributed by atoms with Gasteiger partial charge in [0, 0.05) is 12.2 Å². The van der Waals surface area contributed by atoms with Gasteiger partial charge in [-0.15, -0.1) is 6.42 Å². The van der Waals surface area contributed by atoms with Gasteiger partial charge in [0.25, 0.3) is 0 Å². The molecule has 1 atom stereocenters. The molecule has 1 fully saturated rings. The van der Waals surface area contributed by atoms with Crippen LogP contribution in [0.15, 0.2) is 0 Å². The highest BCUT2D eigenvalue weighted by Gasteiger charge is 2.37. The molecule has 0 aromatic carbocycles. The Bertz CT molecular complexity index is 317. The third kappa shape index (κ3) is 6.33. The third-order valence-corrected chi connectivity index (χ3v) is 7.77. The van der Waals surface area contributed by atoms with Gasteiger partial charge < -0.3 is 5.11 Å². The summed E-state index contributed by atoms with van der Waals surface area (Å²) in [6.07, 6.45) is 5.17. The first-order valence-electron chi connectivity index (χ1n) is 6.27. The lowest BCUT2D eigenvalue weighted by Gasteiger charge is -2.31. The molecule has 1 unspecified atom stereocenters. The first kappa shape index (κ1) is 17.1. The standard InChI is InChI=1S/C13H20F3OS2/c1-3-12(17)6-4-11(5-7-12)10-19(18-2)9-8-13(14,15)16/h1,11,17H,4-10H2,2H3/q+1. The van der Waals surface area contributed by atoms with Gasteiger partial charge in [0.2, 0.25) is 0 Å². The van der Waals surface area contributed by atoms with Crippen LogP contribution in [0.4, 0.5) is 13.2 Å². The Balaban J connectivity index is 2.36. The van der Waals surface area contributed by atoms with E-state index in [0.717, 1.165) is 18.6 Å². The lowest BCUT2D eigenvalue weighted by atomic mass is 9.80. The summed E-state index contributed by atoms with van der Waals surface area (Å²) in [4.78, 5) is 0. The van der Waals surface area contributed by atoms with E-state index >= 15 is 0 Å². The minimum atomic E-state index is -4.06. The highest BCUT2D eigenvalue weighted by Crippen LogP contribution is 2.34. The molecule has 0 radical (unpaired) electrons. The molecule has 1 N–H and O–H groups in total. The van der Waals surface area contributed by atoms with Crippen LogP contribution >= 0.6 is 10.8 Å². The molecule has 1 rings (SSSR count). The summed E-state index contributed by atoms with van der Waals surface area (Å²) in [5, 5.41) is 9.91. The summed E-state index contributed by atoms with van der Waals surface area (Å²) >= 11 is 0. The van der Waals surface area contributed by atoms with Crippen LogP contribution in [0.5, 0.6) is 0 Å². The van der Waals surface area contributed by atoms with Crippen LogP contribution in [0.2, 0.25) is 0 Å². The van der Waals surface area contributed by atoms with E-state index < -0.39 is 18.2 Å². The van der Waals surface area contributed by atoms with Gasteiger partial charge in [-0.25, -0.2) is 0 Å². The second-order valence-electron chi connectivity index (χ2n) is 4.96. The van der Waals surface area contributed by atoms with Crippen molar-refractivity contribution in [2.45, 2.75) is 43.9 Å². The second kappa shape index (κ2) is 7.14. The average molecular weight is 313 g/mol. The van der Waals surface area contributed by atoms with E-state index in [4.69, 9.17) is 6.42 Å². The smallest absolute Gasteiger partial charge is 0.378 e. The van der Waals surface area contributed by atoms with Gasteiger partial charge in [0.15, 0.2) is 0 Å². The molecule has 1 nitrogen and oxygen atoms in total. The molecule has 110 valence electrons. The van der Waals surface area contributed by atoms with Crippen LogP contribution in [0, 0.1) is 18.3 Å². The molecule has 1 aliphatic rings. The van der Waals surface area contributed by atoms with E-state index in [0.29, 0.717) is 18.8 Å². The van der Waals surface area contributed by atoms with Gasteiger partial charge in [-0.05, 0) is 25.7 Å². The summed E-state index contributed by atoms with van der Waals surface area (Å²) in [6, 6.07) is 0. The molecule has 0 amide bonds. The van der Waals surface area contributed by atoms with Crippen molar-refractivity contribution in [2.75, 3.05) is 17.8 Å². The fraction of sp³-hybridized carbons (Fsp3) is 0.846. The van der Waals surface area contributed by atoms with Crippen molar-refractivity contribution in [2.24, 2.45) is 5.92 Å². The Morgan fingerprint density at radius 3 is 2.42 bits per heavy atom. The van der Waals surface area contributed by atoms with Crippen LogP contribution < -0.4 is 0 Å². The van der Waals surface area contributed by atoms with Crippen LogP contribution in [0.3, 0.4) is 0 Å². The Morgan fingerprint density at radius 2 is 2.00 bits per heavy atom. The molecule has 0 aliphatic heterocycles. The molecule has 0 spiro atoms. The van der Waals surface area contributed by atoms with E-state index in [9.17, 15) is 18.3 Å². The monoisotopic (exact) mass is 313 g/mol. The number of halogens is 3. The number of terminal acetylenes is 1. The molecule has 0 heterocycles. The normalized spacial score (nSPS) is 29.8.